The van der Waals surface area contributed by atoms with Gasteiger partial charge in [-0.1, -0.05) is 12.7 Å². The minimum absolute atomic E-state index is 0.0434. The second-order valence-electron chi connectivity index (χ2n) is 1.88. The van der Waals surface area contributed by atoms with Gasteiger partial charge in [0.1, 0.15) is 11.7 Å². The molecule has 0 heterocycles. The lowest BCUT2D eigenvalue weighted by Gasteiger charge is -1.93. The molecule has 0 radical (unpaired) electrons. The topological polar surface area (TPSA) is 0 Å². The molecule has 0 aliphatic rings. The molecule has 0 nitrogen and oxygen atoms in total. The van der Waals surface area contributed by atoms with Gasteiger partial charge in [0, 0.05) is 5.57 Å². The lowest BCUT2D eigenvalue weighted by Crippen LogP contribution is -1.78. The van der Waals surface area contributed by atoms with Gasteiger partial charge in [0.05, 0.1) is 0 Å². The molecule has 0 spiro atoms. The molecule has 0 aromatic rings. The highest BCUT2D eigenvalue weighted by molar-refractivity contribution is 5.29. The van der Waals surface area contributed by atoms with Crippen LogP contribution in [0.5, 0.6) is 0 Å². The van der Waals surface area contributed by atoms with Crippen LogP contribution in [0.1, 0.15) is 13.8 Å². The maximum atomic E-state index is 12.5. The molecule has 0 unspecified atom stereocenters. The van der Waals surface area contributed by atoms with E-state index in [1.807, 2.05) is 0 Å². The van der Waals surface area contributed by atoms with Crippen molar-refractivity contribution in [2.24, 2.45) is 0 Å². The van der Waals surface area contributed by atoms with Gasteiger partial charge in [0.15, 0.2) is 0 Å². The zero-order chi connectivity index (χ0) is 8.15. The lowest BCUT2D eigenvalue weighted by atomic mass is 10.2. The van der Waals surface area contributed by atoms with Crippen molar-refractivity contribution in [1.29, 1.82) is 0 Å². The smallest absolute Gasteiger partial charge is 0.128 e. The first-order valence-electron chi connectivity index (χ1n) is 2.93. The van der Waals surface area contributed by atoms with Crippen molar-refractivity contribution in [3.8, 4) is 0 Å². The number of allylic oxidation sites excluding steroid dienone is 5. The summed E-state index contributed by atoms with van der Waals surface area (Å²) >= 11 is 0. The Hall–Kier alpha value is -0.920. The molecule has 0 amide bonds. The molecule has 10 heavy (non-hydrogen) atoms. The Bertz CT molecular complexity index is 187. The summed E-state index contributed by atoms with van der Waals surface area (Å²) < 4.78 is 24.7. The second-order valence-corrected chi connectivity index (χ2v) is 1.88. The van der Waals surface area contributed by atoms with E-state index in [2.05, 4.69) is 6.58 Å². The highest BCUT2D eigenvalue weighted by atomic mass is 19.1. The van der Waals surface area contributed by atoms with E-state index in [1.165, 1.54) is 19.1 Å². The largest absolute Gasteiger partial charge is 0.207 e. The van der Waals surface area contributed by atoms with Crippen LogP contribution in [-0.4, -0.2) is 0 Å². The zero-order valence-electron chi connectivity index (χ0n) is 6.12. The van der Waals surface area contributed by atoms with Gasteiger partial charge >= 0.3 is 0 Å². The molecule has 0 bridgehead atoms. The fraction of sp³-hybridized carbons (Fsp3) is 0.250. The number of halogens is 2. The first-order valence-corrected chi connectivity index (χ1v) is 2.93. The minimum Gasteiger partial charge on any atom is -0.207 e. The summed E-state index contributed by atoms with van der Waals surface area (Å²) in [7, 11) is 0. The SMILES string of the molecule is C=C(F)C(C)=C(F)C=CC. The van der Waals surface area contributed by atoms with Gasteiger partial charge in [0.25, 0.3) is 0 Å². The number of rotatable bonds is 2. The maximum absolute atomic E-state index is 12.5. The first kappa shape index (κ1) is 9.08. The molecular formula is C8H10F2. The quantitative estimate of drug-likeness (QED) is 0.521. The van der Waals surface area contributed by atoms with Gasteiger partial charge in [0.2, 0.25) is 0 Å². The Morgan fingerprint density at radius 2 is 1.90 bits per heavy atom. The van der Waals surface area contributed by atoms with Crippen LogP contribution in [0.3, 0.4) is 0 Å². The molecule has 0 aromatic carbocycles. The highest BCUT2D eigenvalue weighted by Gasteiger charge is 1.99. The van der Waals surface area contributed by atoms with E-state index in [4.69, 9.17) is 0 Å². The molecule has 0 fully saturated rings. The Morgan fingerprint density at radius 3 is 2.20 bits per heavy atom. The van der Waals surface area contributed by atoms with Crippen molar-refractivity contribution < 1.29 is 8.78 Å². The fourth-order valence-electron chi connectivity index (χ4n) is 0.401. The monoisotopic (exact) mass is 144 g/mol. The van der Waals surface area contributed by atoms with Gasteiger partial charge in [-0.25, -0.2) is 8.78 Å². The summed E-state index contributed by atoms with van der Waals surface area (Å²) in [6, 6.07) is 0. The Morgan fingerprint density at radius 1 is 1.40 bits per heavy atom. The van der Waals surface area contributed by atoms with Crippen molar-refractivity contribution in [3.05, 3.63) is 36.0 Å². The predicted molar refractivity (Wildman–Crippen MR) is 38.9 cm³/mol. The first-order chi connectivity index (χ1) is 4.59. The summed E-state index contributed by atoms with van der Waals surface area (Å²) in [6.07, 6.45) is 2.70. The third kappa shape index (κ3) is 2.58. The zero-order valence-corrected chi connectivity index (χ0v) is 6.12. The van der Waals surface area contributed by atoms with Crippen LogP contribution in [0.25, 0.3) is 0 Å². The standard InChI is InChI=1S/C8H10F2/c1-4-5-8(10)6(2)7(3)9/h4-5H,3H2,1-2H3. The van der Waals surface area contributed by atoms with Crippen LogP contribution in [0, 0.1) is 0 Å². The van der Waals surface area contributed by atoms with Crippen LogP contribution in [0.4, 0.5) is 8.78 Å². The van der Waals surface area contributed by atoms with E-state index < -0.39 is 11.7 Å². The molecular weight excluding hydrogens is 134 g/mol. The summed E-state index contributed by atoms with van der Waals surface area (Å²) in [4.78, 5) is 0. The summed E-state index contributed by atoms with van der Waals surface area (Å²) in [5, 5.41) is 0. The van der Waals surface area contributed by atoms with E-state index in [9.17, 15) is 8.78 Å². The van der Waals surface area contributed by atoms with Crippen LogP contribution < -0.4 is 0 Å². The lowest BCUT2D eigenvalue weighted by molar-refractivity contribution is 0.613. The highest BCUT2D eigenvalue weighted by Crippen LogP contribution is 2.15. The van der Waals surface area contributed by atoms with Crippen molar-refractivity contribution in [2.45, 2.75) is 13.8 Å². The van der Waals surface area contributed by atoms with Crippen molar-refractivity contribution >= 4 is 0 Å². The summed E-state index contributed by atoms with van der Waals surface area (Å²) in [6.45, 7) is 5.97. The summed E-state index contributed by atoms with van der Waals surface area (Å²) in [5.74, 6) is -1.30. The Balaban J connectivity index is 4.50. The molecule has 0 aromatic heterocycles. The van der Waals surface area contributed by atoms with Gasteiger partial charge < -0.3 is 0 Å². The number of hydrogen-bond donors (Lipinski definition) is 0. The Kier molecular flexibility index (Phi) is 3.62. The molecule has 56 valence electrons. The van der Waals surface area contributed by atoms with Crippen LogP contribution in [0.2, 0.25) is 0 Å². The van der Waals surface area contributed by atoms with Gasteiger partial charge in [-0.2, -0.15) is 0 Å². The average molecular weight is 144 g/mol. The maximum Gasteiger partial charge on any atom is 0.128 e. The average Bonchev–Trinajstić information content (AvgIpc) is 1.87. The molecule has 0 aliphatic heterocycles. The normalized spacial score (nSPS) is 13.6. The van der Waals surface area contributed by atoms with Gasteiger partial charge in [-0.05, 0) is 19.9 Å². The molecule has 0 aliphatic carbocycles. The minimum atomic E-state index is -0.726. The summed E-state index contributed by atoms with van der Waals surface area (Å²) in [5.41, 5.74) is -0.0434. The van der Waals surface area contributed by atoms with Gasteiger partial charge in [-0.15, -0.1) is 0 Å². The predicted octanol–water partition coefficient (Wildman–Crippen LogP) is 3.29. The fourth-order valence-corrected chi connectivity index (χ4v) is 0.401. The van der Waals surface area contributed by atoms with E-state index in [-0.39, 0.29) is 5.57 Å². The van der Waals surface area contributed by atoms with Crippen LogP contribution >= 0.6 is 0 Å². The van der Waals surface area contributed by atoms with Crippen molar-refractivity contribution in [3.63, 3.8) is 0 Å². The van der Waals surface area contributed by atoms with Crippen LogP contribution in [0.15, 0.2) is 36.0 Å². The van der Waals surface area contributed by atoms with Crippen molar-refractivity contribution in [2.75, 3.05) is 0 Å². The molecule has 0 rings (SSSR count). The molecule has 0 N–H and O–H groups in total. The van der Waals surface area contributed by atoms with E-state index in [1.54, 1.807) is 6.92 Å². The van der Waals surface area contributed by atoms with Crippen molar-refractivity contribution in [1.82, 2.24) is 0 Å². The van der Waals surface area contributed by atoms with E-state index in [0.717, 1.165) is 0 Å². The van der Waals surface area contributed by atoms with Crippen LogP contribution in [-0.2, 0) is 0 Å². The van der Waals surface area contributed by atoms with E-state index >= 15 is 0 Å². The number of hydrogen-bond acceptors (Lipinski definition) is 0. The third-order valence-corrected chi connectivity index (χ3v) is 1.08. The van der Waals surface area contributed by atoms with E-state index in [0.29, 0.717) is 0 Å². The Labute approximate surface area is 59.6 Å². The molecule has 0 saturated heterocycles. The van der Waals surface area contributed by atoms with Gasteiger partial charge in [-0.3, -0.25) is 0 Å². The molecule has 2 heteroatoms. The second kappa shape index (κ2) is 3.99. The molecule has 0 saturated carbocycles. The molecule has 0 atom stereocenters. The third-order valence-electron chi connectivity index (χ3n) is 1.08.